The fourth-order valence-electron chi connectivity index (χ4n) is 4.44. The lowest BCUT2D eigenvalue weighted by atomic mass is 9.99. The number of aromatic nitrogens is 3. The largest absolute Gasteiger partial charge is 0.496 e. The SMILES string of the molecule is COc1cc(Cl)ccc1-c1ccc(COc2ccccc2-c2cccc(-n3nc(C(=O)O)cc3C(F)(F)F)n2)c(C)c1. The Morgan fingerprint density at radius 2 is 1.74 bits per heavy atom. The van der Waals surface area contributed by atoms with Crippen LogP contribution in [0.4, 0.5) is 13.2 Å². The fraction of sp³-hybridized carbons (Fsp3) is 0.129. The molecule has 0 aliphatic carbocycles. The third-order valence-corrected chi connectivity index (χ3v) is 6.77. The third-order valence-electron chi connectivity index (χ3n) is 6.53. The number of methoxy groups -OCH3 is 1. The van der Waals surface area contributed by atoms with Crippen molar-refractivity contribution in [3.05, 3.63) is 112 Å². The fourth-order valence-corrected chi connectivity index (χ4v) is 4.60. The number of hydrogen-bond donors (Lipinski definition) is 1. The van der Waals surface area contributed by atoms with Crippen molar-refractivity contribution < 1.29 is 32.5 Å². The smallest absolute Gasteiger partial charge is 0.433 e. The number of halogens is 4. The second-order valence-electron chi connectivity index (χ2n) is 9.28. The van der Waals surface area contributed by atoms with Gasteiger partial charge in [0.05, 0.1) is 12.8 Å². The number of aromatic carboxylic acids is 1. The van der Waals surface area contributed by atoms with E-state index in [1.807, 2.05) is 31.2 Å². The molecule has 0 atom stereocenters. The summed E-state index contributed by atoms with van der Waals surface area (Å²) in [5.74, 6) is -0.644. The van der Waals surface area contributed by atoms with E-state index in [0.717, 1.165) is 22.3 Å². The molecule has 0 saturated carbocycles. The molecule has 0 amide bonds. The standard InChI is InChI=1S/C31H23ClF3N3O4/c1-18-14-19(22-13-12-21(32)15-27(22)41-2)10-11-20(18)17-42-26-8-4-3-6-23(26)24-7-5-9-29(36-24)38-28(31(33,34)35)16-25(37-38)30(39)40/h3-16H,17H2,1-2H3,(H,39,40). The van der Waals surface area contributed by atoms with Gasteiger partial charge in [0.1, 0.15) is 18.1 Å². The molecule has 0 unspecified atom stereocenters. The maximum Gasteiger partial charge on any atom is 0.433 e. The number of para-hydroxylation sites is 1. The molecule has 5 aromatic rings. The zero-order valence-electron chi connectivity index (χ0n) is 22.3. The van der Waals surface area contributed by atoms with Gasteiger partial charge in [-0.3, -0.25) is 0 Å². The van der Waals surface area contributed by atoms with Crippen LogP contribution < -0.4 is 9.47 Å². The summed E-state index contributed by atoms with van der Waals surface area (Å²) in [6, 6.07) is 23.3. The summed E-state index contributed by atoms with van der Waals surface area (Å²) in [7, 11) is 1.59. The van der Waals surface area contributed by atoms with E-state index in [-0.39, 0.29) is 12.4 Å². The topological polar surface area (TPSA) is 86.5 Å². The van der Waals surface area contributed by atoms with Gasteiger partial charge in [0.25, 0.3) is 0 Å². The highest BCUT2D eigenvalue weighted by Crippen LogP contribution is 2.35. The van der Waals surface area contributed by atoms with Crippen LogP contribution in [0.15, 0.2) is 84.9 Å². The van der Waals surface area contributed by atoms with E-state index in [4.69, 9.17) is 21.1 Å². The molecular formula is C31H23ClF3N3O4. The van der Waals surface area contributed by atoms with Gasteiger partial charge in [0, 0.05) is 22.2 Å². The van der Waals surface area contributed by atoms with Gasteiger partial charge < -0.3 is 14.6 Å². The Morgan fingerprint density at radius 3 is 2.45 bits per heavy atom. The Hall–Kier alpha value is -4.83. The molecule has 11 heteroatoms. The minimum atomic E-state index is -4.84. The van der Waals surface area contributed by atoms with Crippen molar-refractivity contribution in [1.82, 2.24) is 14.8 Å². The zero-order chi connectivity index (χ0) is 30.0. The highest BCUT2D eigenvalue weighted by molar-refractivity contribution is 6.30. The lowest BCUT2D eigenvalue weighted by Gasteiger charge is -2.15. The van der Waals surface area contributed by atoms with E-state index in [9.17, 15) is 23.1 Å². The van der Waals surface area contributed by atoms with Crippen LogP contribution in [0.1, 0.15) is 27.3 Å². The first-order valence-electron chi connectivity index (χ1n) is 12.6. The lowest BCUT2D eigenvalue weighted by molar-refractivity contribution is -0.142. The van der Waals surface area contributed by atoms with Gasteiger partial charge in [-0.05, 0) is 66.1 Å². The van der Waals surface area contributed by atoms with Crippen molar-refractivity contribution in [1.29, 1.82) is 0 Å². The number of hydrogen-bond acceptors (Lipinski definition) is 5. The minimum Gasteiger partial charge on any atom is -0.496 e. The number of carboxylic acids is 1. The van der Waals surface area contributed by atoms with Crippen molar-refractivity contribution in [3.63, 3.8) is 0 Å². The predicted octanol–water partition coefficient (Wildman–Crippen LogP) is 7.87. The summed E-state index contributed by atoms with van der Waals surface area (Å²) in [5.41, 5.74) is 2.64. The molecule has 0 aliphatic rings. The molecule has 7 nitrogen and oxygen atoms in total. The molecule has 0 radical (unpaired) electrons. The van der Waals surface area contributed by atoms with Crippen LogP contribution in [-0.2, 0) is 12.8 Å². The number of benzene rings is 3. The number of aryl methyl sites for hydroxylation is 1. The van der Waals surface area contributed by atoms with Crippen LogP contribution in [0.5, 0.6) is 11.5 Å². The number of alkyl halides is 3. The Balaban J connectivity index is 1.42. The van der Waals surface area contributed by atoms with E-state index in [0.29, 0.717) is 38.5 Å². The number of ether oxygens (including phenoxy) is 2. The van der Waals surface area contributed by atoms with Crippen LogP contribution in [0, 0.1) is 6.92 Å². The highest BCUT2D eigenvalue weighted by atomic mass is 35.5. The summed E-state index contributed by atoms with van der Waals surface area (Å²) in [5, 5.41) is 13.4. The quantitative estimate of drug-likeness (QED) is 0.197. The minimum absolute atomic E-state index is 0.189. The number of rotatable bonds is 8. The van der Waals surface area contributed by atoms with Gasteiger partial charge in [-0.25, -0.2) is 14.5 Å². The number of pyridine rings is 1. The average molecular weight is 594 g/mol. The first-order valence-corrected chi connectivity index (χ1v) is 13.0. The van der Waals surface area contributed by atoms with E-state index in [1.165, 1.54) is 12.1 Å². The lowest BCUT2D eigenvalue weighted by Crippen LogP contribution is -2.14. The molecule has 0 spiro atoms. The molecule has 5 rings (SSSR count). The van der Waals surface area contributed by atoms with Crippen LogP contribution >= 0.6 is 11.6 Å². The van der Waals surface area contributed by atoms with Crippen molar-refractivity contribution in [2.75, 3.05) is 7.11 Å². The molecule has 2 heterocycles. The Morgan fingerprint density at radius 1 is 0.952 bits per heavy atom. The molecule has 0 saturated heterocycles. The summed E-state index contributed by atoms with van der Waals surface area (Å²) in [6.07, 6.45) is -4.84. The van der Waals surface area contributed by atoms with E-state index in [2.05, 4.69) is 10.1 Å². The van der Waals surface area contributed by atoms with Crippen molar-refractivity contribution >= 4 is 17.6 Å². The summed E-state index contributed by atoms with van der Waals surface area (Å²) < 4.78 is 53.1. The first-order chi connectivity index (χ1) is 20.0. The molecule has 0 fully saturated rings. The van der Waals surface area contributed by atoms with E-state index >= 15 is 0 Å². The van der Waals surface area contributed by atoms with Gasteiger partial charge in [0.15, 0.2) is 17.2 Å². The average Bonchev–Trinajstić information content (AvgIpc) is 3.44. The van der Waals surface area contributed by atoms with E-state index < -0.39 is 23.5 Å². The van der Waals surface area contributed by atoms with Crippen molar-refractivity contribution in [2.24, 2.45) is 0 Å². The highest BCUT2D eigenvalue weighted by Gasteiger charge is 2.37. The maximum absolute atomic E-state index is 13.7. The van der Waals surface area contributed by atoms with Gasteiger partial charge >= 0.3 is 12.1 Å². The monoisotopic (exact) mass is 593 g/mol. The van der Waals surface area contributed by atoms with Gasteiger partial charge in [-0.15, -0.1) is 0 Å². The number of carbonyl (C=O) groups is 1. The Labute approximate surface area is 243 Å². The summed E-state index contributed by atoms with van der Waals surface area (Å²) in [4.78, 5) is 15.7. The van der Waals surface area contributed by atoms with Gasteiger partial charge in [-0.1, -0.05) is 48.0 Å². The first kappa shape index (κ1) is 28.7. The third kappa shape index (κ3) is 5.94. The normalized spacial score (nSPS) is 11.4. The molecule has 2 aromatic heterocycles. The van der Waals surface area contributed by atoms with Gasteiger partial charge in [-0.2, -0.15) is 18.3 Å². The molecule has 0 bridgehead atoms. The number of carboxylic acid groups (broad SMARTS) is 1. The van der Waals surface area contributed by atoms with Crippen LogP contribution in [0.3, 0.4) is 0 Å². The van der Waals surface area contributed by atoms with Gasteiger partial charge in [0.2, 0.25) is 0 Å². The molecule has 1 N–H and O–H groups in total. The zero-order valence-corrected chi connectivity index (χ0v) is 23.1. The van der Waals surface area contributed by atoms with Crippen molar-refractivity contribution in [2.45, 2.75) is 19.7 Å². The second-order valence-corrected chi connectivity index (χ2v) is 9.72. The molecular weight excluding hydrogens is 571 g/mol. The Bertz CT molecular complexity index is 1790. The number of nitrogens with zero attached hydrogens (tertiary/aromatic N) is 3. The summed E-state index contributed by atoms with van der Waals surface area (Å²) >= 11 is 6.10. The molecule has 0 aliphatic heterocycles. The van der Waals surface area contributed by atoms with E-state index in [1.54, 1.807) is 49.6 Å². The molecule has 42 heavy (non-hydrogen) atoms. The van der Waals surface area contributed by atoms with Crippen molar-refractivity contribution in [3.8, 4) is 39.7 Å². The van der Waals surface area contributed by atoms with Crippen LogP contribution in [0.25, 0.3) is 28.2 Å². The van der Waals surface area contributed by atoms with Crippen LogP contribution in [0.2, 0.25) is 5.02 Å². The second kappa shape index (κ2) is 11.6. The van der Waals surface area contributed by atoms with Crippen LogP contribution in [-0.4, -0.2) is 33.0 Å². The summed E-state index contributed by atoms with van der Waals surface area (Å²) in [6.45, 7) is 2.19. The predicted molar refractivity (Wildman–Crippen MR) is 151 cm³/mol. The Kier molecular flexibility index (Phi) is 7.91. The maximum atomic E-state index is 13.7. The molecule has 214 valence electrons. The molecule has 3 aromatic carbocycles.